The van der Waals surface area contributed by atoms with Crippen molar-refractivity contribution < 1.29 is 89.4 Å². The highest BCUT2D eigenvalue weighted by molar-refractivity contribution is 5.76. The average Bonchev–Trinajstić information content (AvgIpc) is 0.836. The number of rotatable bonds is 58. The summed E-state index contributed by atoms with van der Waals surface area (Å²) >= 11 is 0. The van der Waals surface area contributed by atoms with E-state index in [1.165, 1.54) is 212 Å². The number of aliphatic hydroxyl groups is 11. The molecule has 3 heterocycles. The molecule has 3 saturated heterocycles. The Bertz CT molecular complexity index is 1810. The summed E-state index contributed by atoms with van der Waals surface area (Å²) in [5.74, 6) is -0.284. The van der Waals surface area contributed by atoms with Crippen molar-refractivity contribution in [3.63, 3.8) is 0 Å². The van der Waals surface area contributed by atoms with Gasteiger partial charge in [-0.1, -0.05) is 275 Å². The SMILES string of the molecule is CCCCCCCCCCC/C=C/CC/C=C/CC/C=C/C(O)C(COC1OC(CO)C(OC2OC(CO)C(OC3OC(CO)C(O)C(O)C3O)C(O)C2O)C(O)C1O)NC(=O)CCCCCCCCCCCCCCCCCCCCCCCCCCCCCC. The van der Waals surface area contributed by atoms with Gasteiger partial charge in [-0.2, -0.15) is 0 Å². The van der Waals surface area contributed by atoms with Gasteiger partial charge in [0.1, 0.15) is 73.2 Å². The lowest BCUT2D eigenvalue weighted by Crippen LogP contribution is -2.66. The van der Waals surface area contributed by atoms with E-state index >= 15 is 0 Å². The minimum atomic E-state index is -1.98. The van der Waals surface area contributed by atoms with Gasteiger partial charge >= 0.3 is 0 Å². The maximum atomic E-state index is 13.4. The first kappa shape index (κ1) is 84.2. The van der Waals surface area contributed by atoms with Crippen LogP contribution in [0.1, 0.15) is 290 Å². The predicted molar refractivity (Wildman–Crippen MR) is 360 cm³/mol. The number of unbranched alkanes of at least 4 members (excludes halogenated alkanes) is 38. The Morgan fingerprint density at radius 3 is 1.09 bits per heavy atom. The molecule has 19 nitrogen and oxygen atoms in total. The molecule has 540 valence electrons. The second-order valence-corrected chi connectivity index (χ2v) is 26.7. The topological polar surface area (TPSA) is 307 Å². The minimum Gasteiger partial charge on any atom is -0.394 e. The maximum Gasteiger partial charge on any atom is 0.220 e. The largest absolute Gasteiger partial charge is 0.394 e. The fourth-order valence-corrected chi connectivity index (χ4v) is 12.6. The van der Waals surface area contributed by atoms with Crippen LogP contribution in [0, 0.1) is 0 Å². The molecule has 17 atom stereocenters. The van der Waals surface area contributed by atoms with Crippen LogP contribution in [0.2, 0.25) is 0 Å². The van der Waals surface area contributed by atoms with Gasteiger partial charge in [0.25, 0.3) is 0 Å². The van der Waals surface area contributed by atoms with Crippen LogP contribution in [-0.4, -0.2) is 193 Å². The number of nitrogens with one attached hydrogen (secondary N) is 1. The molecule has 0 bridgehead atoms. The Morgan fingerprint density at radius 2 is 0.696 bits per heavy atom. The molecular formula is C73H135NO18. The lowest BCUT2D eigenvalue weighted by Gasteiger charge is -2.48. The fourth-order valence-electron chi connectivity index (χ4n) is 12.6. The molecule has 0 saturated carbocycles. The van der Waals surface area contributed by atoms with Gasteiger partial charge in [0.2, 0.25) is 5.91 Å². The zero-order valence-corrected chi connectivity index (χ0v) is 57.3. The number of carbonyl (C=O) groups is 1. The lowest BCUT2D eigenvalue weighted by atomic mass is 9.96. The van der Waals surface area contributed by atoms with Crippen LogP contribution in [0.4, 0.5) is 0 Å². The third kappa shape index (κ3) is 36.0. The first-order valence-electron chi connectivity index (χ1n) is 37.2. The van der Waals surface area contributed by atoms with Gasteiger partial charge in [-0.3, -0.25) is 4.79 Å². The molecule has 0 aliphatic carbocycles. The zero-order valence-electron chi connectivity index (χ0n) is 57.3. The molecule has 0 aromatic heterocycles. The van der Waals surface area contributed by atoms with E-state index in [4.69, 9.17) is 28.4 Å². The third-order valence-electron chi connectivity index (χ3n) is 18.7. The Hall–Kier alpha value is -1.99. The second-order valence-electron chi connectivity index (χ2n) is 26.7. The van der Waals surface area contributed by atoms with Crippen molar-refractivity contribution in [2.75, 3.05) is 26.4 Å². The van der Waals surface area contributed by atoms with E-state index in [-0.39, 0.29) is 18.9 Å². The third-order valence-corrected chi connectivity index (χ3v) is 18.7. The van der Waals surface area contributed by atoms with Gasteiger partial charge in [0, 0.05) is 6.42 Å². The number of aliphatic hydroxyl groups excluding tert-OH is 11. The molecule has 92 heavy (non-hydrogen) atoms. The van der Waals surface area contributed by atoms with E-state index in [2.05, 4.69) is 43.5 Å². The second kappa shape index (κ2) is 55.0. The summed E-state index contributed by atoms with van der Waals surface area (Å²) in [6.45, 7) is 1.74. The summed E-state index contributed by atoms with van der Waals surface area (Å²) in [7, 11) is 0. The van der Waals surface area contributed by atoms with E-state index < -0.39 is 124 Å². The number of carbonyl (C=O) groups excluding carboxylic acids is 1. The molecule has 0 aromatic carbocycles. The van der Waals surface area contributed by atoms with Gasteiger partial charge in [-0.05, 0) is 44.9 Å². The maximum absolute atomic E-state index is 13.4. The highest BCUT2D eigenvalue weighted by Gasteiger charge is 2.53. The van der Waals surface area contributed by atoms with Crippen molar-refractivity contribution in [2.45, 2.75) is 394 Å². The lowest BCUT2D eigenvalue weighted by molar-refractivity contribution is -0.379. The molecule has 0 spiro atoms. The Labute approximate surface area is 555 Å². The van der Waals surface area contributed by atoms with Crippen molar-refractivity contribution in [3.05, 3.63) is 36.5 Å². The van der Waals surface area contributed by atoms with E-state index in [0.717, 1.165) is 44.9 Å². The van der Waals surface area contributed by atoms with Crippen LogP contribution in [0.25, 0.3) is 0 Å². The van der Waals surface area contributed by atoms with Gasteiger partial charge < -0.3 is 89.9 Å². The number of hydrogen-bond donors (Lipinski definition) is 12. The molecule has 1 amide bonds. The molecule has 3 rings (SSSR count). The molecule has 3 aliphatic heterocycles. The van der Waals surface area contributed by atoms with Crippen molar-refractivity contribution in [1.29, 1.82) is 0 Å². The van der Waals surface area contributed by atoms with Crippen LogP contribution in [0.3, 0.4) is 0 Å². The Kier molecular flexibility index (Phi) is 50.3. The molecule has 3 aliphatic rings. The smallest absolute Gasteiger partial charge is 0.220 e. The van der Waals surface area contributed by atoms with Crippen LogP contribution in [0.15, 0.2) is 36.5 Å². The standard InChI is InChI=1S/C73H135NO18/c1-3-5-7-9-11-13-15-17-19-21-23-24-25-26-27-28-29-30-31-33-35-37-39-41-43-45-47-49-51-61(79)74-56(57(78)50-48-46-44-42-40-38-36-34-32-22-20-18-16-14-12-10-8-6-4-2)55-87-71-67(85)64(82)69(59(53-76)89-71)92-73-68(86)65(83)70(60(54-77)90-73)91-72-66(84)63(81)62(80)58(52-75)88-72/h32,34,40,42,48,50,56-60,62-73,75-78,80-86H,3-31,33,35-39,41,43-47,49,51-55H2,1-2H3,(H,74,79)/b34-32+,42-40+,50-48+. The van der Waals surface area contributed by atoms with Gasteiger partial charge in [0.15, 0.2) is 18.9 Å². The quantitative estimate of drug-likeness (QED) is 0.0199. The summed E-state index contributed by atoms with van der Waals surface area (Å²) in [5.41, 5.74) is 0. The normalized spacial score (nSPS) is 27.9. The first-order chi connectivity index (χ1) is 44.8. The fraction of sp³-hybridized carbons (Fsp3) is 0.904. The Balaban J connectivity index is 1.41. The van der Waals surface area contributed by atoms with Crippen molar-refractivity contribution in [3.8, 4) is 0 Å². The molecule has 3 fully saturated rings. The van der Waals surface area contributed by atoms with Crippen molar-refractivity contribution >= 4 is 5.91 Å². The average molecular weight is 1310 g/mol. The van der Waals surface area contributed by atoms with Gasteiger partial charge in [-0.25, -0.2) is 0 Å². The van der Waals surface area contributed by atoms with Crippen LogP contribution in [0.5, 0.6) is 0 Å². The summed E-state index contributed by atoms with van der Waals surface area (Å²) < 4.78 is 34.4. The monoisotopic (exact) mass is 1310 g/mol. The van der Waals surface area contributed by atoms with Crippen molar-refractivity contribution in [2.24, 2.45) is 0 Å². The van der Waals surface area contributed by atoms with Crippen LogP contribution >= 0.6 is 0 Å². The summed E-state index contributed by atoms with van der Waals surface area (Å²) in [5, 5.41) is 121. The summed E-state index contributed by atoms with van der Waals surface area (Å²) in [4.78, 5) is 13.4. The molecule has 17 unspecified atom stereocenters. The predicted octanol–water partition coefficient (Wildman–Crippen LogP) is 10.8. The zero-order chi connectivity index (χ0) is 66.8. The molecule has 19 heteroatoms. The summed E-state index contributed by atoms with van der Waals surface area (Å²) in [6, 6.07) is -0.995. The van der Waals surface area contributed by atoms with Gasteiger partial charge in [-0.15, -0.1) is 0 Å². The number of amides is 1. The highest BCUT2D eigenvalue weighted by atomic mass is 16.8. The molecular weight excluding hydrogens is 1180 g/mol. The number of ether oxygens (including phenoxy) is 6. The van der Waals surface area contributed by atoms with E-state index in [1.54, 1.807) is 6.08 Å². The Morgan fingerprint density at radius 1 is 0.380 bits per heavy atom. The van der Waals surface area contributed by atoms with E-state index in [1.807, 2.05) is 6.08 Å². The van der Waals surface area contributed by atoms with Crippen molar-refractivity contribution in [1.82, 2.24) is 5.32 Å². The summed E-state index contributed by atoms with van der Waals surface area (Å²) in [6.07, 6.45) is 38.5. The highest BCUT2D eigenvalue weighted by Crippen LogP contribution is 2.33. The first-order valence-corrected chi connectivity index (χ1v) is 37.2. The molecule has 0 radical (unpaired) electrons. The van der Waals surface area contributed by atoms with Crippen LogP contribution in [-0.2, 0) is 33.2 Å². The molecule has 0 aromatic rings. The molecule has 12 N–H and O–H groups in total. The number of allylic oxidation sites excluding steroid dienone is 5. The number of hydrogen-bond acceptors (Lipinski definition) is 18. The van der Waals surface area contributed by atoms with E-state index in [9.17, 15) is 61.0 Å². The van der Waals surface area contributed by atoms with E-state index in [0.29, 0.717) is 12.8 Å². The minimum absolute atomic E-state index is 0.236. The van der Waals surface area contributed by atoms with Crippen LogP contribution < -0.4 is 5.32 Å². The van der Waals surface area contributed by atoms with Gasteiger partial charge in [0.05, 0.1) is 38.6 Å².